The molecule has 1 fully saturated rings. The lowest BCUT2D eigenvalue weighted by Crippen LogP contribution is -2.51. The molecule has 124 valence electrons. The van der Waals surface area contributed by atoms with Gasteiger partial charge in [0.25, 0.3) is 0 Å². The van der Waals surface area contributed by atoms with Crippen LogP contribution in [0.3, 0.4) is 0 Å². The highest BCUT2D eigenvalue weighted by Crippen LogP contribution is 2.33. The van der Waals surface area contributed by atoms with Crippen molar-refractivity contribution in [2.75, 3.05) is 0 Å². The van der Waals surface area contributed by atoms with Gasteiger partial charge in [-0.2, -0.15) is 5.06 Å². The standard InChI is InChI=1S/C19H31NO2/c1-2-11-18(19(21)14-9-4-3-5-10-15-19)20(22)16-17-12-7-6-8-13-17/h6-8,12-13,18,21-22H,2-5,9-11,14-16H2,1H3. The molecule has 1 aliphatic carbocycles. The topological polar surface area (TPSA) is 43.7 Å². The second-order valence-corrected chi connectivity index (χ2v) is 6.76. The summed E-state index contributed by atoms with van der Waals surface area (Å²) in [5.41, 5.74) is 0.334. The first-order chi connectivity index (χ1) is 10.7. The van der Waals surface area contributed by atoms with Crippen LogP contribution in [0.25, 0.3) is 0 Å². The highest BCUT2D eigenvalue weighted by Gasteiger charge is 2.39. The number of hydrogen-bond donors (Lipinski definition) is 2. The second-order valence-electron chi connectivity index (χ2n) is 6.76. The van der Waals surface area contributed by atoms with Crippen molar-refractivity contribution in [3.05, 3.63) is 35.9 Å². The molecule has 0 radical (unpaired) electrons. The van der Waals surface area contributed by atoms with Gasteiger partial charge in [-0.3, -0.25) is 0 Å². The third-order valence-corrected chi connectivity index (χ3v) is 4.95. The van der Waals surface area contributed by atoms with Crippen LogP contribution in [0.5, 0.6) is 0 Å². The number of hydrogen-bond acceptors (Lipinski definition) is 3. The molecule has 1 aromatic rings. The molecule has 3 nitrogen and oxygen atoms in total. The first-order valence-electron chi connectivity index (χ1n) is 8.87. The van der Waals surface area contributed by atoms with Gasteiger partial charge in [0.05, 0.1) is 11.6 Å². The lowest BCUT2D eigenvalue weighted by atomic mass is 9.79. The van der Waals surface area contributed by atoms with Crippen molar-refractivity contribution in [2.24, 2.45) is 0 Å². The molecule has 1 atom stereocenters. The Morgan fingerprint density at radius 3 is 2.23 bits per heavy atom. The number of rotatable bonds is 6. The van der Waals surface area contributed by atoms with Gasteiger partial charge >= 0.3 is 0 Å². The number of benzene rings is 1. The van der Waals surface area contributed by atoms with Crippen LogP contribution in [0.1, 0.15) is 70.3 Å². The second kappa shape index (κ2) is 8.66. The SMILES string of the molecule is CCCC(N(O)Cc1ccccc1)C1(O)CCCCCCC1. The fourth-order valence-electron chi connectivity index (χ4n) is 3.70. The smallest absolute Gasteiger partial charge is 0.0825 e. The molecule has 1 saturated carbocycles. The Kier molecular flexibility index (Phi) is 6.87. The van der Waals surface area contributed by atoms with E-state index < -0.39 is 5.60 Å². The van der Waals surface area contributed by atoms with E-state index in [1.807, 2.05) is 30.3 Å². The molecule has 1 aromatic carbocycles. The summed E-state index contributed by atoms with van der Waals surface area (Å²) >= 11 is 0. The molecule has 2 rings (SSSR count). The van der Waals surface area contributed by atoms with Crippen molar-refractivity contribution >= 4 is 0 Å². The molecule has 0 saturated heterocycles. The van der Waals surface area contributed by atoms with Crippen LogP contribution < -0.4 is 0 Å². The molecular formula is C19H31NO2. The summed E-state index contributed by atoms with van der Waals surface area (Å²) < 4.78 is 0. The molecule has 0 bridgehead atoms. The van der Waals surface area contributed by atoms with E-state index in [4.69, 9.17) is 0 Å². The Labute approximate surface area is 134 Å². The van der Waals surface area contributed by atoms with Crippen molar-refractivity contribution in [1.82, 2.24) is 5.06 Å². The van der Waals surface area contributed by atoms with Gasteiger partial charge in [-0.15, -0.1) is 0 Å². The Bertz CT molecular complexity index is 413. The quantitative estimate of drug-likeness (QED) is 0.759. The minimum atomic E-state index is -0.750. The maximum atomic E-state index is 11.2. The molecule has 0 aliphatic heterocycles. The molecule has 2 N–H and O–H groups in total. The number of aliphatic hydroxyl groups is 1. The largest absolute Gasteiger partial charge is 0.388 e. The molecule has 0 spiro atoms. The molecule has 3 heteroatoms. The maximum absolute atomic E-state index is 11.2. The van der Waals surface area contributed by atoms with Gasteiger partial charge in [0.1, 0.15) is 0 Å². The van der Waals surface area contributed by atoms with E-state index in [1.54, 1.807) is 0 Å². The maximum Gasteiger partial charge on any atom is 0.0825 e. The van der Waals surface area contributed by atoms with Crippen molar-refractivity contribution in [3.8, 4) is 0 Å². The average molecular weight is 305 g/mol. The van der Waals surface area contributed by atoms with E-state index in [0.717, 1.165) is 44.1 Å². The zero-order valence-electron chi connectivity index (χ0n) is 13.9. The summed E-state index contributed by atoms with van der Waals surface area (Å²) in [5, 5.41) is 23.2. The molecule has 0 amide bonds. The summed E-state index contributed by atoms with van der Waals surface area (Å²) in [6.07, 6.45) is 9.23. The molecule has 0 aromatic heterocycles. The van der Waals surface area contributed by atoms with E-state index in [2.05, 4.69) is 6.92 Å². The van der Waals surface area contributed by atoms with Crippen molar-refractivity contribution in [3.63, 3.8) is 0 Å². The van der Waals surface area contributed by atoms with Crippen LogP contribution in [0.4, 0.5) is 0 Å². The van der Waals surface area contributed by atoms with Crippen LogP contribution >= 0.6 is 0 Å². The van der Waals surface area contributed by atoms with Gasteiger partial charge in [-0.1, -0.05) is 75.8 Å². The van der Waals surface area contributed by atoms with Gasteiger partial charge in [0.2, 0.25) is 0 Å². The van der Waals surface area contributed by atoms with Gasteiger partial charge in [0, 0.05) is 6.54 Å². The lowest BCUT2D eigenvalue weighted by molar-refractivity contribution is -0.199. The third-order valence-electron chi connectivity index (χ3n) is 4.95. The van der Waals surface area contributed by atoms with Gasteiger partial charge in [-0.25, -0.2) is 0 Å². The predicted octanol–water partition coefficient (Wildman–Crippen LogP) is 4.52. The van der Waals surface area contributed by atoms with E-state index in [0.29, 0.717) is 6.54 Å². The van der Waals surface area contributed by atoms with E-state index in [1.165, 1.54) is 24.3 Å². The lowest BCUT2D eigenvalue weighted by Gasteiger charge is -2.41. The Balaban J connectivity index is 2.08. The zero-order chi connectivity index (χ0) is 15.8. The number of hydroxylamine groups is 2. The summed E-state index contributed by atoms with van der Waals surface area (Å²) in [5.74, 6) is 0. The first-order valence-corrected chi connectivity index (χ1v) is 8.87. The average Bonchev–Trinajstić information content (AvgIpc) is 2.50. The fraction of sp³-hybridized carbons (Fsp3) is 0.684. The summed E-state index contributed by atoms with van der Waals surface area (Å²) in [6, 6.07) is 9.83. The zero-order valence-corrected chi connectivity index (χ0v) is 13.9. The van der Waals surface area contributed by atoms with Crippen LogP contribution in [0.15, 0.2) is 30.3 Å². The Morgan fingerprint density at radius 2 is 1.64 bits per heavy atom. The van der Waals surface area contributed by atoms with Crippen LogP contribution in [0, 0.1) is 0 Å². The molecule has 1 aliphatic rings. The van der Waals surface area contributed by atoms with Gasteiger partial charge in [0.15, 0.2) is 0 Å². The Hall–Kier alpha value is -0.900. The summed E-state index contributed by atoms with van der Waals surface area (Å²) in [7, 11) is 0. The summed E-state index contributed by atoms with van der Waals surface area (Å²) in [4.78, 5) is 0. The van der Waals surface area contributed by atoms with Crippen LogP contribution in [-0.2, 0) is 6.54 Å². The van der Waals surface area contributed by atoms with Crippen molar-refractivity contribution in [2.45, 2.75) is 82.9 Å². The molecule has 22 heavy (non-hydrogen) atoms. The monoisotopic (exact) mass is 305 g/mol. The van der Waals surface area contributed by atoms with E-state index in [9.17, 15) is 10.3 Å². The molecular weight excluding hydrogens is 274 g/mol. The number of nitrogens with zero attached hydrogens (tertiary/aromatic N) is 1. The van der Waals surface area contributed by atoms with Gasteiger partial charge in [-0.05, 0) is 24.8 Å². The fourth-order valence-corrected chi connectivity index (χ4v) is 3.70. The van der Waals surface area contributed by atoms with Crippen LogP contribution in [-0.4, -0.2) is 27.0 Å². The highest BCUT2D eigenvalue weighted by atomic mass is 16.5. The third kappa shape index (κ3) is 4.80. The van der Waals surface area contributed by atoms with E-state index in [-0.39, 0.29) is 6.04 Å². The van der Waals surface area contributed by atoms with Crippen molar-refractivity contribution < 1.29 is 10.3 Å². The first kappa shape index (κ1) is 17.5. The molecule has 0 heterocycles. The molecule has 1 unspecified atom stereocenters. The predicted molar refractivity (Wildman–Crippen MR) is 89.7 cm³/mol. The highest BCUT2D eigenvalue weighted by molar-refractivity contribution is 5.14. The van der Waals surface area contributed by atoms with Crippen molar-refractivity contribution in [1.29, 1.82) is 0 Å². The normalized spacial score (nSPS) is 20.4. The minimum Gasteiger partial charge on any atom is -0.388 e. The van der Waals surface area contributed by atoms with Crippen LogP contribution in [0.2, 0.25) is 0 Å². The minimum absolute atomic E-state index is 0.171. The van der Waals surface area contributed by atoms with Gasteiger partial charge < -0.3 is 10.3 Å². The Morgan fingerprint density at radius 1 is 1.05 bits per heavy atom. The van der Waals surface area contributed by atoms with E-state index >= 15 is 0 Å². The summed E-state index contributed by atoms with van der Waals surface area (Å²) in [6.45, 7) is 2.60.